The molecule has 0 aromatic rings. The molecule has 0 saturated carbocycles. The van der Waals surface area contributed by atoms with Gasteiger partial charge in [-0.05, 0) is 39.5 Å². The lowest BCUT2D eigenvalue weighted by molar-refractivity contribution is -0.127. The van der Waals surface area contributed by atoms with Gasteiger partial charge in [0.25, 0.3) is 0 Å². The Labute approximate surface area is 170 Å². The first-order valence-electron chi connectivity index (χ1n) is 10.1. The smallest absolute Gasteiger partial charge is 0.408 e. The molecule has 0 saturated heterocycles. The summed E-state index contributed by atoms with van der Waals surface area (Å²) >= 11 is 0. The van der Waals surface area contributed by atoms with Crippen molar-refractivity contribution < 1.29 is 14.3 Å². The van der Waals surface area contributed by atoms with E-state index < -0.39 is 17.2 Å². The number of hydrogen-bond donors (Lipinski definition) is 3. The van der Waals surface area contributed by atoms with Crippen LogP contribution in [0.2, 0.25) is 0 Å². The summed E-state index contributed by atoms with van der Waals surface area (Å²) in [6.45, 7) is 15.0. The lowest BCUT2D eigenvalue weighted by atomic mass is 9.93. The van der Waals surface area contributed by atoms with Gasteiger partial charge in [-0.2, -0.15) is 0 Å². The highest BCUT2D eigenvalue weighted by atomic mass is 16.6. The van der Waals surface area contributed by atoms with Gasteiger partial charge in [-0.25, -0.2) is 9.79 Å². The molecule has 0 spiro atoms. The molecule has 0 radical (unpaired) electrons. The minimum absolute atomic E-state index is 0.0607. The van der Waals surface area contributed by atoms with E-state index in [2.05, 4.69) is 34.8 Å². The minimum Gasteiger partial charge on any atom is -0.444 e. The third kappa shape index (κ3) is 11.0. The minimum atomic E-state index is -0.553. The number of amides is 2. The quantitative estimate of drug-likeness (QED) is 0.409. The van der Waals surface area contributed by atoms with Crippen LogP contribution in [-0.4, -0.2) is 67.7 Å². The van der Waals surface area contributed by atoms with Crippen molar-refractivity contribution in [1.29, 1.82) is 0 Å². The number of nitrogens with one attached hydrogen (secondary N) is 3. The van der Waals surface area contributed by atoms with Gasteiger partial charge < -0.3 is 25.6 Å². The molecule has 0 aromatic heterocycles. The predicted molar refractivity (Wildman–Crippen MR) is 115 cm³/mol. The summed E-state index contributed by atoms with van der Waals surface area (Å²) in [5.41, 5.74) is -1.03. The first kappa shape index (κ1) is 26.0. The summed E-state index contributed by atoms with van der Waals surface area (Å²) < 4.78 is 5.41. The van der Waals surface area contributed by atoms with E-state index in [9.17, 15) is 9.59 Å². The highest BCUT2D eigenvalue weighted by Gasteiger charge is 2.30. The van der Waals surface area contributed by atoms with E-state index in [0.717, 1.165) is 19.4 Å². The van der Waals surface area contributed by atoms with Crippen LogP contribution in [-0.2, 0) is 9.53 Å². The number of hydrogen-bond acceptors (Lipinski definition) is 4. The van der Waals surface area contributed by atoms with Crippen LogP contribution in [0.3, 0.4) is 0 Å². The van der Waals surface area contributed by atoms with E-state index in [0.29, 0.717) is 18.4 Å². The summed E-state index contributed by atoms with van der Waals surface area (Å²) in [4.78, 5) is 30.0. The predicted octanol–water partition coefficient (Wildman–Crippen LogP) is 2.35. The fourth-order valence-corrected chi connectivity index (χ4v) is 2.26. The molecule has 8 nitrogen and oxygen atoms in total. The molecule has 2 amide bonds. The Balaban J connectivity index is 5.16. The normalized spacial score (nSPS) is 12.6. The van der Waals surface area contributed by atoms with E-state index in [4.69, 9.17) is 4.74 Å². The summed E-state index contributed by atoms with van der Waals surface area (Å²) in [5.74, 6) is 0.912. The van der Waals surface area contributed by atoms with Crippen LogP contribution in [0.5, 0.6) is 0 Å². The van der Waals surface area contributed by atoms with Gasteiger partial charge in [0.05, 0.1) is 5.54 Å². The number of likely N-dealkylation sites (N-methyl/N-ethyl adjacent to an activating group) is 1. The fraction of sp³-hybridized carbons (Fsp3) is 0.850. The van der Waals surface area contributed by atoms with Crippen molar-refractivity contribution in [3.05, 3.63) is 0 Å². The standard InChI is InChI=1S/C20H41N5O3/c1-10-20(11-2,24-18(27)28-19(5,6)7)14-23-17(21-12-15(3)4)22-13-16(26)25(8)9/h15H,10-14H2,1-9H3,(H,24,27)(H2,21,22,23). The lowest BCUT2D eigenvalue weighted by Gasteiger charge is -2.34. The molecule has 0 aromatic carbocycles. The number of carbonyl (C=O) groups is 2. The fourth-order valence-electron chi connectivity index (χ4n) is 2.26. The maximum absolute atomic E-state index is 12.3. The zero-order valence-electron chi connectivity index (χ0n) is 19.2. The summed E-state index contributed by atoms with van der Waals surface area (Å²) in [6.07, 6.45) is 1.02. The van der Waals surface area contributed by atoms with E-state index in [-0.39, 0.29) is 12.5 Å². The van der Waals surface area contributed by atoms with Crippen molar-refractivity contribution in [3.8, 4) is 0 Å². The van der Waals surface area contributed by atoms with Crippen molar-refractivity contribution in [3.63, 3.8) is 0 Å². The second kappa shape index (κ2) is 11.8. The molecule has 0 heterocycles. The Morgan fingerprint density at radius 2 is 1.64 bits per heavy atom. The summed E-state index contributed by atoms with van der Waals surface area (Å²) in [5, 5.41) is 9.54. The van der Waals surface area contributed by atoms with Crippen LogP contribution in [0, 0.1) is 5.92 Å². The average Bonchev–Trinajstić information content (AvgIpc) is 2.57. The monoisotopic (exact) mass is 399 g/mol. The molecule has 0 atom stereocenters. The van der Waals surface area contributed by atoms with Crippen LogP contribution < -0.4 is 16.0 Å². The van der Waals surface area contributed by atoms with E-state index >= 15 is 0 Å². The SMILES string of the molecule is CCC(CC)(CNC(=NCC(=O)N(C)C)NCC(C)C)NC(=O)OC(C)(C)C. The van der Waals surface area contributed by atoms with Gasteiger partial charge in [0.15, 0.2) is 5.96 Å². The van der Waals surface area contributed by atoms with E-state index in [1.165, 1.54) is 4.90 Å². The Hall–Kier alpha value is -1.99. The van der Waals surface area contributed by atoms with Gasteiger partial charge in [0, 0.05) is 27.2 Å². The van der Waals surface area contributed by atoms with Crippen LogP contribution in [0.4, 0.5) is 4.79 Å². The second-order valence-electron chi connectivity index (χ2n) is 8.70. The molecule has 0 aliphatic heterocycles. The Morgan fingerprint density at radius 1 is 1.07 bits per heavy atom. The molecule has 28 heavy (non-hydrogen) atoms. The number of carbonyl (C=O) groups excluding carboxylic acids is 2. The van der Waals surface area contributed by atoms with Gasteiger partial charge >= 0.3 is 6.09 Å². The average molecular weight is 400 g/mol. The highest BCUT2D eigenvalue weighted by molar-refractivity contribution is 5.84. The molecule has 3 N–H and O–H groups in total. The van der Waals surface area contributed by atoms with Crippen LogP contribution in [0.15, 0.2) is 4.99 Å². The molecule has 0 unspecified atom stereocenters. The molecule has 0 bridgehead atoms. The lowest BCUT2D eigenvalue weighted by Crippen LogP contribution is -2.57. The third-order valence-electron chi connectivity index (χ3n) is 4.26. The van der Waals surface area contributed by atoms with Crippen LogP contribution in [0.1, 0.15) is 61.3 Å². The van der Waals surface area contributed by atoms with Crippen molar-refractivity contribution in [1.82, 2.24) is 20.9 Å². The molecule has 0 fully saturated rings. The van der Waals surface area contributed by atoms with Gasteiger partial charge in [-0.1, -0.05) is 27.7 Å². The van der Waals surface area contributed by atoms with Gasteiger partial charge in [0.2, 0.25) is 5.91 Å². The first-order valence-corrected chi connectivity index (χ1v) is 10.1. The molecule has 0 aliphatic carbocycles. The number of rotatable bonds is 9. The topological polar surface area (TPSA) is 95.1 Å². The number of ether oxygens (including phenoxy) is 1. The van der Waals surface area contributed by atoms with E-state index in [1.54, 1.807) is 14.1 Å². The van der Waals surface area contributed by atoms with Crippen molar-refractivity contribution in [2.45, 2.75) is 72.4 Å². The molecule has 0 rings (SSSR count). The summed E-state index contributed by atoms with van der Waals surface area (Å²) in [7, 11) is 3.41. The number of aliphatic imine (C=N–C) groups is 1. The Bertz CT molecular complexity index is 520. The van der Waals surface area contributed by atoms with Crippen molar-refractivity contribution in [2.24, 2.45) is 10.9 Å². The van der Waals surface area contributed by atoms with Gasteiger partial charge in [-0.15, -0.1) is 0 Å². The zero-order chi connectivity index (χ0) is 22.0. The molecule has 8 heteroatoms. The van der Waals surface area contributed by atoms with Crippen LogP contribution >= 0.6 is 0 Å². The third-order valence-corrected chi connectivity index (χ3v) is 4.26. The van der Waals surface area contributed by atoms with Gasteiger partial charge in [0.1, 0.15) is 12.1 Å². The zero-order valence-corrected chi connectivity index (χ0v) is 19.2. The maximum atomic E-state index is 12.3. The summed E-state index contributed by atoms with van der Waals surface area (Å²) in [6, 6.07) is 0. The largest absolute Gasteiger partial charge is 0.444 e. The number of guanidine groups is 1. The molecule has 0 aliphatic rings. The second-order valence-corrected chi connectivity index (χ2v) is 8.70. The van der Waals surface area contributed by atoms with Gasteiger partial charge in [-0.3, -0.25) is 4.79 Å². The first-order chi connectivity index (χ1) is 12.8. The Morgan fingerprint density at radius 3 is 2.07 bits per heavy atom. The molecular formula is C20H41N5O3. The molecule has 164 valence electrons. The van der Waals surface area contributed by atoms with Crippen molar-refractivity contribution in [2.75, 3.05) is 33.7 Å². The maximum Gasteiger partial charge on any atom is 0.408 e. The Kier molecular flexibility index (Phi) is 10.9. The van der Waals surface area contributed by atoms with Crippen LogP contribution in [0.25, 0.3) is 0 Å². The van der Waals surface area contributed by atoms with Crippen molar-refractivity contribution >= 4 is 18.0 Å². The number of nitrogens with zero attached hydrogens (tertiary/aromatic N) is 2. The molecular weight excluding hydrogens is 358 g/mol. The van der Waals surface area contributed by atoms with E-state index in [1.807, 2.05) is 34.6 Å². The highest BCUT2D eigenvalue weighted by Crippen LogP contribution is 2.16. The number of alkyl carbamates (subject to hydrolysis) is 1.